The Labute approximate surface area is 302 Å². The molecule has 1 aliphatic heterocycles. The van der Waals surface area contributed by atoms with Crippen LogP contribution >= 0.6 is 7.75 Å². The molecule has 0 saturated carbocycles. The van der Waals surface area contributed by atoms with Crippen molar-refractivity contribution in [3.63, 3.8) is 0 Å². The highest BCUT2D eigenvalue weighted by Gasteiger charge is 2.63. The zero-order chi connectivity index (χ0) is 38.4. The number of benzene rings is 1. The van der Waals surface area contributed by atoms with Crippen LogP contribution in [-0.4, -0.2) is 70.1 Å². The topological polar surface area (TPSA) is 216 Å². The van der Waals surface area contributed by atoms with Crippen LogP contribution in [0.25, 0.3) is 5.52 Å². The normalized spacial score (nSPS) is 22.1. The minimum atomic E-state index is -4.47. The molecule has 52 heavy (non-hydrogen) atoms. The van der Waals surface area contributed by atoms with Crippen molar-refractivity contribution in [2.45, 2.75) is 91.8 Å². The van der Waals surface area contributed by atoms with Crippen LogP contribution in [0.3, 0.4) is 0 Å². The summed E-state index contributed by atoms with van der Waals surface area (Å²) in [5, 5.41) is 17.7. The molecule has 3 aromatic rings. The number of carbonyl (C=O) groups excluding carboxylic acids is 3. The highest BCUT2D eigenvalue weighted by molar-refractivity contribution is 7.52. The number of hydrogen-bond acceptors (Lipinski definition) is 14. The minimum Gasteiger partial charge on any atom is -0.465 e. The molecule has 1 unspecified atom stereocenters. The molecule has 16 nitrogen and oxygen atoms in total. The summed E-state index contributed by atoms with van der Waals surface area (Å²) in [7, 11) is -4.47. The van der Waals surface area contributed by atoms with Crippen molar-refractivity contribution in [2.24, 2.45) is 17.3 Å². The number of nitrogens with one attached hydrogen (secondary N) is 1. The molecular formula is C35H47N6O10P. The van der Waals surface area contributed by atoms with E-state index in [2.05, 4.69) is 21.2 Å². The van der Waals surface area contributed by atoms with Gasteiger partial charge in [0.15, 0.2) is 18.0 Å². The fourth-order valence-corrected chi connectivity index (χ4v) is 6.59. The van der Waals surface area contributed by atoms with Gasteiger partial charge in [0, 0.05) is 0 Å². The van der Waals surface area contributed by atoms with Gasteiger partial charge in [0.2, 0.25) is 5.60 Å². The van der Waals surface area contributed by atoms with E-state index in [-0.39, 0.29) is 29.3 Å². The second kappa shape index (κ2) is 16.4. The van der Waals surface area contributed by atoms with Crippen molar-refractivity contribution in [1.29, 1.82) is 5.26 Å². The van der Waals surface area contributed by atoms with Gasteiger partial charge in [-0.3, -0.25) is 18.9 Å². The summed E-state index contributed by atoms with van der Waals surface area (Å²) in [6, 6.07) is 12.1. The molecule has 0 spiro atoms. The number of nitrogens with two attached hydrogens (primary N) is 1. The van der Waals surface area contributed by atoms with Gasteiger partial charge in [0.05, 0.1) is 30.7 Å². The molecule has 2 aromatic heterocycles. The van der Waals surface area contributed by atoms with Gasteiger partial charge < -0.3 is 29.2 Å². The Hall–Kier alpha value is -4.55. The van der Waals surface area contributed by atoms with E-state index in [4.69, 9.17) is 33.7 Å². The number of hydrogen-bond donors (Lipinski definition) is 2. The molecule has 1 aliphatic rings. The SMILES string of the molecule is CC(C)C(=O)O[C@H]1[C@@H](OC(=O)C(C)C)[C@](C#N)(c2ccc3c(N)ncnn23)O[C@@H]1COP(=O)(N[C@@H](C)C(=O)OCCC(C)(C)C)Oc1ccccc1. The minimum absolute atomic E-state index is 0.0854. The highest BCUT2D eigenvalue weighted by atomic mass is 31.2. The fraction of sp³-hybridized carbons (Fsp3) is 0.543. The molecule has 3 heterocycles. The van der Waals surface area contributed by atoms with Crippen molar-refractivity contribution in [1.82, 2.24) is 19.7 Å². The standard InChI is InChI=1S/C35H47N6O10P/c1-21(2)31(42)48-28-26(18-47-52(45,51-24-12-10-9-11-13-24)40-23(5)33(44)46-17-16-34(6,7)8)50-35(19-36,29(28)49-32(43)22(3)4)27-15-14-25-30(37)38-20-39-41(25)27/h9-15,20-23,26,28-29H,16-18H2,1-8H3,(H,40,45)(H2,37,38,39)/t23-,26+,28+,29+,35-,52?/m0/s1. The summed E-state index contributed by atoms with van der Waals surface area (Å²) in [6.07, 6.45) is -2.66. The number of fused-ring (bicyclic) bond motifs is 1. The Morgan fingerprint density at radius 3 is 2.31 bits per heavy atom. The number of nitrogen functional groups attached to an aromatic ring is 1. The molecule has 4 rings (SSSR count). The second-order valence-electron chi connectivity index (χ2n) is 14.3. The zero-order valence-electron chi connectivity index (χ0n) is 30.6. The van der Waals surface area contributed by atoms with E-state index in [0.29, 0.717) is 11.9 Å². The number of anilines is 1. The van der Waals surface area contributed by atoms with Gasteiger partial charge in [-0.2, -0.15) is 15.4 Å². The van der Waals surface area contributed by atoms with Gasteiger partial charge in [-0.25, -0.2) is 14.1 Å². The van der Waals surface area contributed by atoms with Gasteiger partial charge in [-0.1, -0.05) is 66.7 Å². The average molecular weight is 743 g/mol. The monoisotopic (exact) mass is 742 g/mol. The number of esters is 3. The lowest BCUT2D eigenvalue weighted by molar-refractivity contribution is -0.173. The lowest BCUT2D eigenvalue weighted by atomic mass is 9.92. The first kappa shape index (κ1) is 40.2. The summed E-state index contributed by atoms with van der Waals surface area (Å²) in [5.74, 6) is -3.15. The van der Waals surface area contributed by atoms with Crippen LogP contribution < -0.4 is 15.3 Å². The molecule has 1 saturated heterocycles. The number of nitrogens with zero attached hydrogens (tertiary/aromatic N) is 4. The van der Waals surface area contributed by atoms with Crippen molar-refractivity contribution in [2.75, 3.05) is 18.9 Å². The van der Waals surface area contributed by atoms with E-state index >= 15 is 0 Å². The van der Waals surface area contributed by atoms with Crippen molar-refractivity contribution < 1.29 is 46.9 Å². The van der Waals surface area contributed by atoms with Crippen LogP contribution in [0.1, 0.15) is 67.5 Å². The summed E-state index contributed by atoms with van der Waals surface area (Å²) in [6.45, 7) is 13.4. The average Bonchev–Trinajstić information content (AvgIpc) is 3.64. The zero-order valence-corrected chi connectivity index (χ0v) is 31.5. The first-order valence-electron chi connectivity index (χ1n) is 16.9. The van der Waals surface area contributed by atoms with E-state index in [1.54, 1.807) is 52.0 Å². The number of para-hydroxylation sites is 1. The molecule has 0 amide bonds. The molecule has 1 aromatic carbocycles. The van der Waals surface area contributed by atoms with E-state index in [9.17, 15) is 24.2 Å². The van der Waals surface area contributed by atoms with Gasteiger partial charge in [0.25, 0.3) is 0 Å². The lowest BCUT2D eigenvalue weighted by Gasteiger charge is -2.29. The quantitative estimate of drug-likeness (QED) is 0.122. The van der Waals surface area contributed by atoms with E-state index in [0.717, 1.165) is 0 Å². The van der Waals surface area contributed by atoms with Gasteiger partial charge >= 0.3 is 25.7 Å². The molecule has 3 N–H and O–H groups in total. The van der Waals surface area contributed by atoms with Gasteiger partial charge in [-0.15, -0.1) is 0 Å². The predicted molar refractivity (Wildman–Crippen MR) is 187 cm³/mol. The number of ether oxygens (including phenoxy) is 4. The maximum Gasteiger partial charge on any atom is 0.459 e. The summed E-state index contributed by atoms with van der Waals surface area (Å²) in [4.78, 5) is 43.2. The van der Waals surface area contributed by atoms with E-state index < -0.39 is 74.1 Å². The Morgan fingerprint density at radius 2 is 1.69 bits per heavy atom. The lowest BCUT2D eigenvalue weighted by Crippen LogP contribution is -2.47. The van der Waals surface area contributed by atoms with Crippen LogP contribution in [0.2, 0.25) is 0 Å². The number of rotatable bonds is 15. The first-order valence-corrected chi connectivity index (χ1v) is 18.5. The van der Waals surface area contributed by atoms with E-state index in [1.165, 1.54) is 36.0 Å². The molecular weight excluding hydrogens is 695 g/mol. The molecule has 6 atom stereocenters. The summed E-state index contributed by atoms with van der Waals surface area (Å²) < 4.78 is 51.1. The third-order valence-electron chi connectivity index (χ3n) is 8.05. The smallest absolute Gasteiger partial charge is 0.459 e. The Kier molecular flexibility index (Phi) is 12.7. The van der Waals surface area contributed by atoms with Crippen LogP contribution in [-0.2, 0) is 48.0 Å². The van der Waals surface area contributed by atoms with Gasteiger partial charge in [0.1, 0.15) is 35.8 Å². The van der Waals surface area contributed by atoms with Crippen LogP contribution in [0, 0.1) is 28.6 Å². The third-order valence-corrected chi connectivity index (χ3v) is 9.69. The Balaban J connectivity index is 1.74. The van der Waals surface area contributed by atoms with Gasteiger partial charge in [-0.05, 0) is 43.0 Å². The van der Waals surface area contributed by atoms with Crippen molar-refractivity contribution in [3.05, 3.63) is 54.5 Å². The highest BCUT2D eigenvalue weighted by Crippen LogP contribution is 2.48. The summed E-state index contributed by atoms with van der Waals surface area (Å²) >= 11 is 0. The van der Waals surface area contributed by atoms with Crippen molar-refractivity contribution in [3.8, 4) is 11.8 Å². The Bertz CT molecular complexity index is 1820. The fourth-order valence-electron chi connectivity index (χ4n) is 5.09. The van der Waals surface area contributed by atoms with E-state index in [1.807, 2.05) is 20.8 Å². The predicted octanol–water partition coefficient (Wildman–Crippen LogP) is 4.73. The molecule has 1 fully saturated rings. The van der Waals surface area contributed by atoms with Crippen LogP contribution in [0.4, 0.5) is 5.82 Å². The molecule has 17 heteroatoms. The maximum absolute atomic E-state index is 14.4. The second-order valence-corrected chi connectivity index (χ2v) is 16.0. The largest absolute Gasteiger partial charge is 0.465 e. The number of aromatic nitrogens is 3. The third kappa shape index (κ3) is 9.46. The van der Waals surface area contributed by atoms with Crippen molar-refractivity contribution >= 4 is 37.0 Å². The maximum atomic E-state index is 14.4. The molecule has 0 bridgehead atoms. The molecule has 0 aliphatic carbocycles. The van der Waals surface area contributed by atoms with Crippen LogP contribution in [0.15, 0.2) is 48.8 Å². The number of carbonyl (C=O) groups is 3. The first-order chi connectivity index (χ1) is 24.4. The molecule has 0 radical (unpaired) electrons. The molecule has 282 valence electrons. The number of nitriles is 1. The van der Waals surface area contributed by atoms with Crippen LogP contribution in [0.5, 0.6) is 5.75 Å². The summed E-state index contributed by atoms with van der Waals surface area (Å²) in [5.41, 5.74) is 4.24. The Morgan fingerprint density at radius 1 is 1.04 bits per heavy atom.